The second-order valence-electron chi connectivity index (χ2n) is 7.43. The third-order valence-corrected chi connectivity index (χ3v) is 5.74. The van der Waals surface area contributed by atoms with Crippen molar-refractivity contribution in [3.05, 3.63) is 39.8 Å². The van der Waals surface area contributed by atoms with Gasteiger partial charge in [0.25, 0.3) is 11.8 Å². The molecule has 4 amide bonds. The summed E-state index contributed by atoms with van der Waals surface area (Å²) < 4.78 is 0. The topological polar surface area (TPSA) is 139 Å². The second-order valence-corrected chi connectivity index (χ2v) is 7.43. The van der Waals surface area contributed by atoms with Crippen LogP contribution in [0.4, 0.5) is 5.69 Å². The molecule has 11 nitrogen and oxygen atoms in total. The van der Waals surface area contributed by atoms with Crippen LogP contribution in [0.15, 0.2) is 23.3 Å². The predicted octanol–water partition coefficient (Wildman–Crippen LogP) is 0.520. The van der Waals surface area contributed by atoms with Crippen molar-refractivity contribution in [1.82, 2.24) is 15.1 Å². The Labute approximate surface area is 172 Å². The fourth-order valence-electron chi connectivity index (χ4n) is 4.20. The minimum Gasteiger partial charge on any atom is -0.368 e. The molecular formula is C19H21N7O4. The van der Waals surface area contributed by atoms with Crippen molar-refractivity contribution < 1.29 is 19.2 Å². The molecule has 1 aromatic carbocycles. The monoisotopic (exact) mass is 411 g/mol. The van der Waals surface area contributed by atoms with E-state index < -0.39 is 29.7 Å². The molecule has 3 aliphatic rings. The van der Waals surface area contributed by atoms with Gasteiger partial charge in [0.1, 0.15) is 6.04 Å². The number of piperazine rings is 1. The highest BCUT2D eigenvalue weighted by Gasteiger charge is 2.46. The zero-order chi connectivity index (χ0) is 21.3. The molecule has 0 saturated carbocycles. The Morgan fingerprint density at radius 2 is 1.87 bits per heavy atom. The molecule has 4 rings (SSSR count). The summed E-state index contributed by atoms with van der Waals surface area (Å²) in [6.07, 6.45) is 0.226. The van der Waals surface area contributed by atoms with Crippen molar-refractivity contribution in [2.24, 2.45) is 5.11 Å². The Balaban J connectivity index is 1.53. The van der Waals surface area contributed by atoms with Crippen LogP contribution >= 0.6 is 0 Å². The molecule has 1 atom stereocenters. The number of fused-ring (bicyclic) bond motifs is 1. The number of benzene rings is 1. The second kappa shape index (κ2) is 8.13. The molecule has 0 aromatic heterocycles. The molecule has 30 heavy (non-hydrogen) atoms. The summed E-state index contributed by atoms with van der Waals surface area (Å²) in [5.74, 6) is -2.01. The minimum atomic E-state index is -0.972. The maximum Gasteiger partial charge on any atom is 0.264 e. The summed E-state index contributed by atoms with van der Waals surface area (Å²) in [6.45, 7) is 3.88. The molecule has 2 saturated heterocycles. The first-order valence-corrected chi connectivity index (χ1v) is 9.84. The lowest BCUT2D eigenvalue weighted by molar-refractivity contribution is -0.136. The van der Waals surface area contributed by atoms with Crippen molar-refractivity contribution >= 4 is 29.3 Å². The maximum atomic E-state index is 13.2. The van der Waals surface area contributed by atoms with Gasteiger partial charge in [-0.25, -0.2) is 0 Å². The van der Waals surface area contributed by atoms with Gasteiger partial charge < -0.3 is 4.90 Å². The number of amides is 4. The third kappa shape index (κ3) is 3.49. The van der Waals surface area contributed by atoms with E-state index in [4.69, 9.17) is 5.53 Å². The Hall–Kier alpha value is -3.43. The number of rotatable bonds is 5. The first-order valence-electron chi connectivity index (χ1n) is 9.84. The molecule has 0 spiro atoms. The Kier molecular flexibility index (Phi) is 5.39. The normalized spacial score (nSPS) is 22.1. The van der Waals surface area contributed by atoms with Gasteiger partial charge in [-0.15, -0.1) is 0 Å². The molecule has 0 bridgehead atoms. The highest BCUT2D eigenvalue weighted by molar-refractivity contribution is 6.25. The number of hydrogen-bond donors (Lipinski definition) is 1. The van der Waals surface area contributed by atoms with Gasteiger partial charge in [0, 0.05) is 50.6 Å². The van der Waals surface area contributed by atoms with Gasteiger partial charge >= 0.3 is 0 Å². The average molecular weight is 411 g/mol. The van der Waals surface area contributed by atoms with E-state index in [1.165, 1.54) is 0 Å². The van der Waals surface area contributed by atoms with E-state index in [9.17, 15) is 19.2 Å². The summed E-state index contributed by atoms with van der Waals surface area (Å²) in [5.41, 5.74) is 9.67. The van der Waals surface area contributed by atoms with E-state index in [2.05, 4.69) is 25.1 Å². The maximum absolute atomic E-state index is 13.2. The minimum absolute atomic E-state index is 0.0917. The first kappa shape index (κ1) is 19.9. The van der Waals surface area contributed by atoms with E-state index in [0.29, 0.717) is 37.4 Å². The first-order chi connectivity index (χ1) is 14.5. The van der Waals surface area contributed by atoms with Gasteiger partial charge in [-0.2, -0.15) is 0 Å². The van der Waals surface area contributed by atoms with Crippen LogP contribution in [0.2, 0.25) is 0 Å². The summed E-state index contributed by atoms with van der Waals surface area (Å²) in [5, 5.41) is 5.76. The van der Waals surface area contributed by atoms with Gasteiger partial charge in [0.2, 0.25) is 11.8 Å². The zero-order valence-electron chi connectivity index (χ0n) is 16.3. The molecule has 11 heteroatoms. The molecule has 3 heterocycles. The van der Waals surface area contributed by atoms with Gasteiger partial charge in [-0.05, 0) is 24.1 Å². The highest BCUT2D eigenvalue weighted by atomic mass is 16.2. The lowest BCUT2D eigenvalue weighted by Gasteiger charge is -2.36. The molecular weight excluding hydrogens is 390 g/mol. The highest BCUT2D eigenvalue weighted by Crippen LogP contribution is 2.34. The van der Waals surface area contributed by atoms with E-state index in [1.54, 1.807) is 12.1 Å². The lowest BCUT2D eigenvalue weighted by Crippen LogP contribution is -2.54. The van der Waals surface area contributed by atoms with Crippen LogP contribution in [0.1, 0.15) is 33.6 Å². The third-order valence-electron chi connectivity index (χ3n) is 5.74. The van der Waals surface area contributed by atoms with Crippen molar-refractivity contribution in [1.29, 1.82) is 0 Å². The van der Waals surface area contributed by atoms with E-state index in [0.717, 1.165) is 18.0 Å². The van der Waals surface area contributed by atoms with Gasteiger partial charge in [-0.1, -0.05) is 11.2 Å². The molecule has 3 aliphatic heterocycles. The zero-order valence-corrected chi connectivity index (χ0v) is 16.3. The number of imide groups is 2. The van der Waals surface area contributed by atoms with Crippen molar-refractivity contribution in [2.45, 2.75) is 18.9 Å². The fourth-order valence-corrected chi connectivity index (χ4v) is 4.20. The van der Waals surface area contributed by atoms with Crippen LogP contribution in [-0.4, -0.2) is 78.7 Å². The number of piperidine rings is 1. The summed E-state index contributed by atoms with van der Waals surface area (Å²) in [7, 11) is 0. The van der Waals surface area contributed by atoms with Gasteiger partial charge in [0.15, 0.2) is 0 Å². The van der Waals surface area contributed by atoms with Crippen LogP contribution in [-0.2, 0) is 9.59 Å². The fraction of sp³-hybridized carbons (Fsp3) is 0.474. The van der Waals surface area contributed by atoms with Crippen molar-refractivity contribution in [3.63, 3.8) is 0 Å². The summed E-state index contributed by atoms with van der Waals surface area (Å²) >= 11 is 0. The van der Waals surface area contributed by atoms with E-state index >= 15 is 0 Å². The Morgan fingerprint density at radius 3 is 2.57 bits per heavy atom. The number of hydrogen-bond acceptors (Lipinski definition) is 7. The van der Waals surface area contributed by atoms with Gasteiger partial charge in [-0.3, -0.25) is 34.3 Å². The van der Waals surface area contributed by atoms with Crippen molar-refractivity contribution in [2.75, 3.05) is 44.2 Å². The Bertz CT molecular complexity index is 964. The van der Waals surface area contributed by atoms with E-state index in [1.807, 2.05) is 6.07 Å². The Morgan fingerprint density at radius 1 is 1.10 bits per heavy atom. The standard InChI is InChI=1S/C19H21N7O4/c20-23-21-6-7-24-8-10-25(11-9-24)13-3-1-2-12-16(13)19(30)26(18(12)29)14-4-5-15(27)22-17(14)28/h1-3,14H,4-11H2,(H,22,27,28). The van der Waals surface area contributed by atoms with Crippen LogP contribution in [0, 0.1) is 0 Å². The van der Waals surface area contributed by atoms with Crippen LogP contribution < -0.4 is 10.2 Å². The number of carbonyl (C=O) groups is 4. The molecule has 2 fully saturated rings. The van der Waals surface area contributed by atoms with Crippen molar-refractivity contribution in [3.8, 4) is 0 Å². The lowest BCUT2D eigenvalue weighted by atomic mass is 10.0. The molecule has 156 valence electrons. The number of nitrogens with one attached hydrogen (secondary N) is 1. The summed E-state index contributed by atoms with van der Waals surface area (Å²) in [4.78, 5) is 57.8. The number of anilines is 1. The largest absolute Gasteiger partial charge is 0.368 e. The molecule has 1 aromatic rings. The smallest absolute Gasteiger partial charge is 0.264 e. The number of azide groups is 1. The molecule has 0 aliphatic carbocycles. The van der Waals surface area contributed by atoms with Crippen LogP contribution in [0.3, 0.4) is 0 Å². The quantitative estimate of drug-likeness (QED) is 0.324. The van der Waals surface area contributed by atoms with Gasteiger partial charge in [0.05, 0.1) is 16.8 Å². The van der Waals surface area contributed by atoms with E-state index in [-0.39, 0.29) is 18.4 Å². The predicted molar refractivity (Wildman–Crippen MR) is 106 cm³/mol. The molecule has 0 radical (unpaired) electrons. The molecule has 1 unspecified atom stereocenters. The van der Waals surface area contributed by atoms with Crippen LogP contribution in [0.25, 0.3) is 10.4 Å². The SMILES string of the molecule is [N-]=[N+]=NCCN1CCN(c2cccc3c2C(=O)N(C2CCC(=O)NC2=O)C3=O)CC1. The number of carbonyl (C=O) groups excluding carboxylic acids is 4. The van der Waals surface area contributed by atoms with Crippen LogP contribution in [0.5, 0.6) is 0 Å². The number of nitrogens with zero attached hydrogens (tertiary/aromatic N) is 6. The summed E-state index contributed by atoms with van der Waals surface area (Å²) in [6, 6.07) is 4.18. The molecule has 1 N–H and O–H groups in total. The average Bonchev–Trinajstić information content (AvgIpc) is 3.00.